The second-order valence-corrected chi connectivity index (χ2v) is 7.92. The van der Waals surface area contributed by atoms with Crippen LogP contribution in [0.25, 0.3) is 0 Å². The Morgan fingerprint density at radius 1 is 0.757 bits per heavy atom. The fraction of sp³-hybridized carbons (Fsp3) is 0.500. The Balaban J connectivity index is 0.000000637. The van der Waals surface area contributed by atoms with Crippen molar-refractivity contribution in [3.8, 4) is 11.5 Å². The zero-order valence-corrected chi connectivity index (χ0v) is 22.3. The molecule has 208 valence electrons. The van der Waals surface area contributed by atoms with E-state index in [-0.39, 0.29) is 13.0 Å². The van der Waals surface area contributed by atoms with Crippen LogP contribution in [0.3, 0.4) is 0 Å². The van der Waals surface area contributed by atoms with Gasteiger partial charge in [0.1, 0.15) is 11.5 Å². The lowest BCUT2D eigenvalue weighted by Gasteiger charge is -2.09. The van der Waals surface area contributed by atoms with Crippen LogP contribution in [0.2, 0.25) is 0 Å². The lowest BCUT2D eigenvalue weighted by molar-refractivity contribution is -0.153. The number of aliphatic hydroxyl groups is 3. The predicted molar refractivity (Wildman–Crippen MR) is 141 cm³/mol. The number of aliphatic hydroxyl groups excluding tert-OH is 3. The highest BCUT2D eigenvalue weighted by Gasteiger charge is 2.15. The maximum Gasteiger partial charge on any atom is 0.334 e. The Hall–Kier alpha value is -3.14. The molecule has 0 aliphatic heterocycles. The van der Waals surface area contributed by atoms with Gasteiger partial charge in [0.25, 0.3) is 0 Å². The van der Waals surface area contributed by atoms with Gasteiger partial charge in [0.2, 0.25) is 0 Å². The summed E-state index contributed by atoms with van der Waals surface area (Å²) in [6.45, 7) is 3.95. The number of esters is 1. The van der Waals surface area contributed by atoms with Crippen molar-refractivity contribution in [2.45, 2.75) is 64.6 Å². The number of ether oxygens (including phenoxy) is 3. The first-order valence-electron chi connectivity index (χ1n) is 12.3. The third kappa shape index (κ3) is 16.3. The van der Waals surface area contributed by atoms with Gasteiger partial charge >= 0.3 is 11.9 Å². The Morgan fingerprint density at radius 3 is 1.46 bits per heavy atom. The molecule has 0 saturated heterocycles. The first-order chi connectivity index (χ1) is 17.7. The summed E-state index contributed by atoms with van der Waals surface area (Å²) in [5.41, 5.74) is 2.27. The molecular weight excluding hydrogens is 480 g/mol. The second kappa shape index (κ2) is 21.0. The van der Waals surface area contributed by atoms with Crippen LogP contribution in [0.15, 0.2) is 48.5 Å². The quantitative estimate of drug-likeness (QED) is 0.291. The molecule has 0 unspecified atom stereocenters. The van der Waals surface area contributed by atoms with E-state index in [0.29, 0.717) is 19.4 Å². The first-order valence-corrected chi connectivity index (χ1v) is 12.3. The monoisotopic (exact) mass is 522 g/mol. The van der Waals surface area contributed by atoms with Gasteiger partial charge in [-0.1, -0.05) is 24.3 Å². The third-order valence-corrected chi connectivity index (χ3v) is 5.05. The van der Waals surface area contributed by atoms with Gasteiger partial charge in [-0.3, -0.25) is 0 Å². The van der Waals surface area contributed by atoms with E-state index in [1.54, 1.807) is 28.1 Å². The number of aliphatic carboxylic acids is 1. The highest BCUT2D eigenvalue weighted by atomic mass is 16.5. The first kappa shape index (κ1) is 33.9. The molecule has 2 rings (SSSR count). The number of rotatable bonds is 13. The van der Waals surface area contributed by atoms with Crippen molar-refractivity contribution in [3.05, 3.63) is 59.7 Å². The van der Waals surface area contributed by atoms with Gasteiger partial charge in [0.05, 0.1) is 20.8 Å². The number of carboxylic acid groups (broad SMARTS) is 1. The van der Waals surface area contributed by atoms with Crippen molar-refractivity contribution in [1.82, 2.24) is 0 Å². The molecular formula is C28H42O9. The molecule has 0 radical (unpaired) electrons. The topological polar surface area (TPSA) is 143 Å². The highest BCUT2D eigenvalue weighted by molar-refractivity contribution is 5.74. The van der Waals surface area contributed by atoms with Crippen LogP contribution in [0.1, 0.15) is 50.7 Å². The summed E-state index contributed by atoms with van der Waals surface area (Å²) >= 11 is 0. The summed E-state index contributed by atoms with van der Waals surface area (Å²) in [6, 6.07) is 15.4. The van der Waals surface area contributed by atoms with Crippen LogP contribution in [0.4, 0.5) is 0 Å². The Labute approximate surface area is 219 Å². The molecule has 0 heterocycles. The summed E-state index contributed by atoms with van der Waals surface area (Å²) in [5, 5.41) is 34.6. The number of hydrogen-bond donors (Lipinski definition) is 4. The maximum absolute atomic E-state index is 11.2. The second-order valence-electron chi connectivity index (χ2n) is 7.92. The van der Waals surface area contributed by atoms with Gasteiger partial charge in [0, 0.05) is 6.61 Å². The molecule has 2 aromatic carbocycles. The maximum atomic E-state index is 11.2. The van der Waals surface area contributed by atoms with E-state index < -0.39 is 24.1 Å². The molecule has 0 aromatic heterocycles. The van der Waals surface area contributed by atoms with Crippen molar-refractivity contribution in [2.24, 2.45) is 0 Å². The van der Waals surface area contributed by atoms with Gasteiger partial charge < -0.3 is 34.6 Å². The number of hydrogen-bond acceptors (Lipinski definition) is 8. The van der Waals surface area contributed by atoms with Crippen LogP contribution in [0, 0.1) is 0 Å². The van der Waals surface area contributed by atoms with E-state index in [4.69, 9.17) is 29.5 Å². The van der Waals surface area contributed by atoms with Gasteiger partial charge in [-0.15, -0.1) is 0 Å². The van der Waals surface area contributed by atoms with Crippen LogP contribution in [-0.2, 0) is 27.2 Å². The van der Waals surface area contributed by atoms with Crippen LogP contribution in [0.5, 0.6) is 11.5 Å². The van der Waals surface area contributed by atoms with E-state index in [0.717, 1.165) is 41.9 Å². The number of benzene rings is 2. The molecule has 0 aliphatic rings. The summed E-state index contributed by atoms with van der Waals surface area (Å²) < 4.78 is 14.8. The van der Waals surface area contributed by atoms with Crippen molar-refractivity contribution in [2.75, 3.05) is 27.4 Å². The molecule has 9 nitrogen and oxygen atoms in total. The lowest BCUT2D eigenvalue weighted by atomic mass is 10.1. The number of carbonyl (C=O) groups is 2. The van der Waals surface area contributed by atoms with Crippen molar-refractivity contribution < 1.29 is 44.2 Å². The third-order valence-electron chi connectivity index (χ3n) is 5.05. The SMILES string of the molecule is CCO.CCOC(=O)[C@H](O)CCCc1ccc(OC)cc1.COc1ccc(CCC[C@@H](O)C(=O)O)cc1. The largest absolute Gasteiger partial charge is 0.497 e. The van der Waals surface area contributed by atoms with E-state index in [1.165, 1.54) is 0 Å². The van der Waals surface area contributed by atoms with Crippen molar-refractivity contribution in [3.63, 3.8) is 0 Å². The van der Waals surface area contributed by atoms with Gasteiger partial charge in [-0.05, 0) is 87.8 Å². The molecule has 0 fully saturated rings. The molecule has 4 N–H and O–H groups in total. The Morgan fingerprint density at radius 2 is 1.14 bits per heavy atom. The van der Waals surface area contributed by atoms with Crippen LogP contribution < -0.4 is 9.47 Å². The normalized spacial score (nSPS) is 11.5. The number of carboxylic acids is 1. The molecule has 0 amide bonds. The van der Waals surface area contributed by atoms with E-state index >= 15 is 0 Å². The highest BCUT2D eigenvalue weighted by Crippen LogP contribution is 2.15. The zero-order valence-electron chi connectivity index (χ0n) is 22.3. The Kier molecular flexibility index (Phi) is 19.2. The molecule has 2 aromatic rings. The average molecular weight is 523 g/mol. The van der Waals surface area contributed by atoms with E-state index in [9.17, 15) is 14.7 Å². The number of methoxy groups -OCH3 is 2. The fourth-order valence-electron chi connectivity index (χ4n) is 3.06. The minimum Gasteiger partial charge on any atom is -0.497 e. The summed E-state index contributed by atoms with van der Waals surface area (Å²) in [6.07, 6.45) is 1.41. The zero-order chi connectivity index (χ0) is 28.1. The summed E-state index contributed by atoms with van der Waals surface area (Å²) in [4.78, 5) is 21.5. The van der Waals surface area contributed by atoms with Gasteiger partial charge in [0.15, 0.2) is 12.2 Å². The van der Waals surface area contributed by atoms with Crippen LogP contribution in [-0.4, -0.2) is 72.0 Å². The lowest BCUT2D eigenvalue weighted by Crippen LogP contribution is -2.23. The number of carbonyl (C=O) groups excluding carboxylic acids is 1. The molecule has 0 aliphatic carbocycles. The minimum absolute atomic E-state index is 0.250. The Bertz CT molecular complexity index is 851. The smallest absolute Gasteiger partial charge is 0.334 e. The van der Waals surface area contributed by atoms with Gasteiger partial charge in [-0.25, -0.2) is 9.59 Å². The predicted octanol–water partition coefficient (Wildman–Crippen LogP) is 3.40. The molecule has 0 bridgehead atoms. The summed E-state index contributed by atoms with van der Waals surface area (Å²) in [7, 11) is 3.24. The van der Waals surface area contributed by atoms with Crippen molar-refractivity contribution >= 4 is 11.9 Å². The molecule has 2 atom stereocenters. The molecule has 0 spiro atoms. The van der Waals surface area contributed by atoms with Crippen molar-refractivity contribution in [1.29, 1.82) is 0 Å². The average Bonchev–Trinajstić information content (AvgIpc) is 2.90. The summed E-state index contributed by atoms with van der Waals surface area (Å²) in [5.74, 6) is -0.0680. The molecule has 9 heteroatoms. The minimum atomic E-state index is -1.25. The molecule has 37 heavy (non-hydrogen) atoms. The van der Waals surface area contributed by atoms with Gasteiger partial charge in [-0.2, -0.15) is 0 Å². The number of aryl methyl sites for hydroxylation is 2. The van der Waals surface area contributed by atoms with Crippen LogP contribution >= 0.6 is 0 Å². The molecule has 0 saturated carbocycles. The fourth-order valence-corrected chi connectivity index (χ4v) is 3.06. The standard InChI is InChI=1S/C14H20O4.C12H16O4.C2H6O/c1-3-18-14(16)13(15)6-4-5-11-7-9-12(17-2)10-8-11;1-16-10-7-5-9(6-8-10)3-2-4-11(13)12(14)15;1-2-3/h7-10,13,15H,3-6H2,1-2H3;5-8,11,13H,2-4H2,1H3,(H,14,15);3H,2H2,1H3/t13-;11-;/m11./s1. The van der Waals surface area contributed by atoms with E-state index in [1.807, 2.05) is 48.5 Å². The van der Waals surface area contributed by atoms with E-state index in [2.05, 4.69) is 0 Å².